The first kappa shape index (κ1) is 9.47. The maximum absolute atomic E-state index is 6.14. The predicted molar refractivity (Wildman–Crippen MR) is 60.0 cm³/mol. The van der Waals surface area contributed by atoms with E-state index in [1.54, 1.807) is 0 Å². The number of allylic oxidation sites excluding steroid dienone is 1. The SMILES string of the molecule is C=CCc1cccc([C@H](N)C2CC2)c1. The van der Waals surface area contributed by atoms with Gasteiger partial charge in [-0.05, 0) is 36.3 Å². The number of hydrogen-bond acceptors (Lipinski definition) is 1. The van der Waals surface area contributed by atoms with Gasteiger partial charge in [-0.1, -0.05) is 30.3 Å². The summed E-state index contributed by atoms with van der Waals surface area (Å²) in [6.07, 6.45) is 5.46. The summed E-state index contributed by atoms with van der Waals surface area (Å²) in [6, 6.07) is 8.82. The lowest BCUT2D eigenvalue weighted by molar-refractivity contribution is 0.633. The van der Waals surface area contributed by atoms with E-state index in [1.165, 1.54) is 24.0 Å². The Kier molecular flexibility index (Phi) is 2.69. The predicted octanol–water partition coefficient (Wildman–Crippen LogP) is 2.82. The average Bonchev–Trinajstić information content (AvgIpc) is 3.01. The van der Waals surface area contributed by atoms with Crippen molar-refractivity contribution in [1.82, 2.24) is 0 Å². The fourth-order valence-electron chi connectivity index (χ4n) is 1.82. The largest absolute Gasteiger partial charge is 0.324 e. The summed E-state index contributed by atoms with van der Waals surface area (Å²) in [5.74, 6) is 0.731. The molecule has 14 heavy (non-hydrogen) atoms. The van der Waals surface area contributed by atoms with E-state index in [0.717, 1.165) is 12.3 Å². The van der Waals surface area contributed by atoms with E-state index in [2.05, 4.69) is 30.8 Å². The van der Waals surface area contributed by atoms with Crippen LogP contribution in [0.25, 0.3) is 0 Å². The maximum atomic E-state index is 6.14. The molecule has 1 heteroatoms. The Hall–Kier alpha value is -1.08. The fraction of sp³-hybridized carbons (Fsp3) is 0.385. The van der Waals surface area contributed by atoms with Crippen LogP contribution in [-0.4, -0.2) is 0 Å². The lowest BCUT2D eigenvalue weighted by Gasteiger charge is -2.11. The van der Waals surface area contributed by atoms with Crippen molar-refractivity contribution in [2.45, 2.75) is 25.3 Å². The lowest BCUT2D eigenvalue weighted by atomic mass is 10.00. The fourth-order valence-corrected chi connectivity index (χ4v) is 1.82. The minimum Gasteiger partial charge on any atom is -0.324 e. The highest BCUT2D eigenvalue weighted by molar-refractivity contribution is 5.28. The molecule has 1 fully saturated rings. The molecule has 1 saturated carbocycles. The molecule has 1 aliphatic rings. The molecule has 1 aromatic rings. The summed E-state index contributed by atoms with van der Waals surface area (Å²) in [4.78, 5) is 0. The average molecular weight is 187 g/mol. The topological polar surface area (TPSA) is 26.0 Å². The molecule has 0 aliphatic heterocycles. The van der Waals surface area contributed by atoms with Gasteiger partial charge in [-0.3, -0.25) is 0 Å². The molecule has 1 nitrogen and oxygen atoms in total. The van der Waals surface area contributed by atoms with Crippen molar-refractivity contribution >= 4 is 0 Å². The third-order valence-corrected chi connectivity index (χ3v) is 2.85. The Bertz CT molecular complexity index is 326. The van der Waals surface area contributed by atoms with Gasteiger partial charge >= 0.3 is 0 Å². The minimum absolute atomic E-state index is 0.250. The maximum Gasteiger partial charge on any atom is 0.0323 e. The van der Waals surface area contributed by atoms with Gasteiger partial charge in [0.25, 0.3) is 0 Å². The van der Waals surface area contributed by atoms with Gasteiger partial charge in [-0.2, -0.15) is 0 Å². The second kappa shape index (κ2) is 3.97. The quantitative estimate of drug-likeness (QED) is 0.721. The smallest absolute Gasteiger partial charge is 0.0323 e. The van der Waals surface area contributed by atoms with E-state index >= 15 is 0 Å². The molecule has 0 bridgehead atoms. The molecule has 1 aromatic carbocycles. The normalized spacial score (nSPS) is 17.8. The van der Waals surface area contributed by atoms with Crippen LogP contribution in [0.2, 0.25) is 0 Å². The zero-order chi connectivity index (χ0) is 9.97. The van der Waals surface area contributed by atoms with Crippen molar-refractivity contribution in [3.63, 3.8) is 0 Å². The highest BCUT2D eigenvalue weighted by atomic mass is 14.7. The van der Waals surface area contributed by atoms with Crippen LogP contribution < -0.4 is 5.73 Å². The van der Waals surface area contributed by atoms with Gasteiger partial charge in [0.15, 0.2) is 0 Å². The molecule has 0 aromatic heterocycles. The van der Waals surface area contributed by atoms with Crippen molar-refractivity contribution in [3.05, 3.63) is 48.0 Å². The highest BCUT2D eigenvalue weighted by Gasteiger charge is 2.29. The van der Waals surface area contributed by atoms with E-state index in [4.69, 9.17) is 5.73 Å². The van der Waals surface area contributed by atoms with Crippen LogP contribution >= 0.6 is 0 Å². The summed E-state index contributed by atoms with van der Waals surface area (Å²) in [5, 5.41) is 0. The Balaban J connectivity index is 2.15. The first-order valence-electron chi connectivity index (χ1n) is 5.26. The van der Waals surface area contributed by atoms with Crippen LogP contribution in [0.3, 0.4) is 0 Å². The van der Waals surface area contributed by atoms with Crippen LogP contribution in [0.4, 0.5) is 0 Å². The van der Waals surface area contributed by atoms with Crippen molar-refractivity contribution in [1.29, 1.82) is 0 Å². The number of rotatable bonds is 4. The van der Waals surface area contributed by atoms with Crippen LogP contribution in [0.15, 0.2) is 36.9 Å². The zero-order valence-electron chi connectivity index (χ0n) is 8.45. The van der Waals surface area contributed by atoms with Gasteiger partial charge in [-0.15, -0.1) is 6.58 Å². The molecule has 0 spiro atoms. The van der Waals surface area contributed by atoms with Gasteiger partial charge < -0.3 is 5.73 Å². The molecule has 0 unspecified atom stereocenters. The van der Waals surface area contributed by atoms with Crippen LogP contribution in [0.1, 0.15) is 30.0 Å². The minimum atomic E-state index is 0.250. The van der Waals surface area contributed by atoms with E-state index in [9.17, 15) is 0 Å². The molecule has 74 valence electrons. The van der Waals surface area contributed by atoms with Crippen molar-refractivity contribution in [2.24, 2.45) is 11.7 Å². The first-order chi connectivity index (χ1) is 6.81. The third kappa shape index (κ3) is 2.05. The van der Waals surface area contributed by atoms with E-state index < -0.39 is 0 Å². The number of benzene rings is 1. The molecule has 2 rings (SSSR count). The number of hydrogen-bond donors (Lipinski definition) is 1. The Labute approximate surface area is 85.6 Å². The van der Waals surface area contributed by atoms with Crippen molar-refractivity contribution in [2.75, 3.05) is 0 Å². The summed E-state index contributed by atoms with van der Waals surface area (Å²) in [7, 11) is 0. The second-order valence-corrected chi connectivity index (χ2v) is 4.10. The Morgan fingerprint density at radius 2 is 2.29 bits per heavy atom. The summed E-state index contributed by atoms with van der Waals surface area (Å²) >= 11 is 0. The monoisotopic (exact) mass is 187 g/mol. The molecular formula is C13H17N. The van der Waals surface area contributed by atoms with E-state index in [-0.39, 0.29) is 6.04 Å². The standard InChI is InChI=1S/C13H17N/c1-2-4-10-5-3-6-12(9-10)13(14)11-7-8-11/h2-3,5-6,9,11,13H,1,4,7-8,14H2/t13-/m1/s1. The Morgan fingerprint density at radius 3 is 2.93 bits per heavy atom. The molecule has 0 heterocycles. The van der Waals surface area contributed by atoms with Crippen LogP contribution in [0, 0.1) is 5.92 Å². The second-order valence-electron chi connectivity index (χ2n) is 4.10. The van der Waals surface area contributed by atoms with Crippen LogP contribution in [-0.2, 0) is 6.42 Å². The summed E-state index contributed by atoms with van der Waals surface area (Å²) in [6.45, 7) is 3.75. The zero-order valence-corrected chi connectivity index (χ0v) is 8.45. The molecule has 1 aliphatic carbocycles. The molecule has 0 amide bonds. The molecule has 0 saturated heterocycles. The van der Waals surface area contributed by atoms with Crippen LogP contribution in [0.5, 0.6) is 0 Å². The molecule has 0 radical (unpaired) electrons. The Morgan fingerprint density at radius 1 is 1.50 bits per heavy atom. The summed E-state index contributed by atoms with van der Waals surface area (Å²) < 4.78 is 0. The highest BCUT2D eigenvalue weighted by Crippen LogP contribution is 2.39. The first-order valence-corrected chi connectivity index (χ1v) is 5.26. The molecule has 1 atom stereocenters. The lowest BCUT2D eigenvalue weighted by Crippen LogP contribution is -2.12. The van der Waals surface area contributed by atoms with Crippen molar-refractivity contribution < 1.29 is 0 Å². The van der Waals surface area contributed by atoms with Gasteiger partial charge in [0.2, 0.25) is 0 Å². The van der Waals surface area contributed by atoms with Gasteiger partial charge in [-0.25, -0.2) is 0 Å². The summed E-state index contributed by atoms with van der Waals surface area (Å²) in [5.41, 5.74) is 8.74. The van der Waals surface area contributed by atoms with Crippen molar-refractivity contribution in [3.8, 4) is 0 Å². The molecular weight excluding hydrogens is 170 g/mol. The van der Waals surface area contributed by atoms with E-state index in [0.29, 0.717) is 0 Å². The third-order valence-electron chi connectivity index (χ3n) is 2.85. The number of nitrogens with two attached hydrogens (primary N) is 1. The van der Waals surface area contributed by atoms with E-state index in [1.807, 2.05) is 6.08 Å². The van der Waals surface area contributed by atoms with Gasteiger partial charge in [0, 0.05) is 6.04 Å². The molecule has 2 N–H and O–H groups in total. The van der Waals surface area contributed by atoms with Gasteiger partial charge in [0.1, 0.15) is 0 Å². The van der Waals surface area contributed by atoms with Gasteiger partial charge in [0.05, 0.1) is 0 Å².